The van der Waals surface area contributed by atoms with Gasteiger partial charge in [-0.2, -0.15) is 0 Å². The molecule has 0 bridgehead atoms. The van der Waals surface area contributed by atoms with E-state index in [0.29, 0.717) is 22.3 Å². The molecule has 0 aromatic heterocycles. The minimum atomic E-state index is -0.900. The van der Waals surface area contributed by atoms with Crippen molar-refractivity contribution in [2.24, 2.45) is 5.92 Å². The van der Waals surface area contributed by atoms with Gasteiger partial charge in [0.15, 0.2) is 6.10 Å². The van der Waals surface area contributed by atoms with Gasteiger partial charge in [0, 0.05) is 22.3 Å². The molecule has 0 aliphatic rings. The van der Waals surface area contributed by atoms with Gasteiger partial charge in [0.1, 0.15) is 0 Å². The topological polar surface area (TPSA) is 77.5 Å². The second-order valence-corrected chi connectivity index (χ2v) is 8.50. The van der Waals surface area contributed by atoms with Gasteiger partial charge in [-0.1, -0.05) is 135 Å². The number of rotatable bonds is 8. The van der Waals surface area contributed by atoms with Crippen LogP contribution in [0, 0.1) is 5.92 Å². The second-order valence-electron chi connectivity index (χ2n) is 8.50. The number of hydrogen-bond donors (Lipinski definition) is 0. The number of benzene rings is 4. The van der Waals surface area contributed by atoms with Crippen LogP contribution in [0.15, 0.2) is 121 Å². The van der Waals surface area contributed by atoms with E-state index in [0.717, 1.165) is 0 Å². The Labute approximate surface area is 216 Å². The molecular formula is C32H28O5. The van der Waals surface area contributed by atoms with E-state index in [1.165, 1.54) is 0 Å². The van der Waals surface area contributed by atoms with E-state index in [2.05, 4.69) is 0 Å². The Morgan fingerprint density at radius 3 is 1.24 bits per heavy atom. The lowest BCUT2D eigenvalue weighted by atomic mass is 9.99. The van der Waals surface area contributed by atoms with Crippen LogP contribution in [0.3, 0.4) is 0 Å². The normalized spacial score (nSPS) is 11.0. The van der Waals surface area contributed by atoms with E-state index in [9.17, 15) is 19.2 Å². The quantitative estimate of drug-likeness (QED) is 0.158. The number of ether oxygens (including phenoxy) is 1. The molecule has 4 aromatic carbocycles. The van der Waals surface area contributed by atoms with Crippen LogP contribution >= 0.6 is 0 Å². The lowest BCUT2D eigenvalue weighted by molar-refractivity contribution is -0.151. The van der Waals surface area contributed by atoms with E-state index in [1.54, 1.807) is 98.8 Å². The molecular weight excluding hydrogens is 464 g/mol. The van der Waals surface area contributed by atoms with E-state index in [-0.39, 0.29) is 17.7 Å². The van der Waals surface area contributed by atoms with Crippen molar-refractivity contribution in [3.05, 3.63) is 144 Å². The highest BCUT2D eigenvalue weighted by atomic mass is 16.5. The average molecular weight is 493 g/mol. The summed E-state index contributed by atoms with van der Waals surface area (Å²) >= 11 is 0. The maximum Gasteiger partial charge on any atom is 0.309 e. The van der Waals surface area contributed by atoms with Gasteiger partial charge in [-0.15, -0.1) is 0 Å². The molecule has 1 unspecified atom stereocenters. The van der Waals surface area contributed by atoms with Crippen LogP contribution < -0.4 is 0 Å². The highest BCUT2D eigenvalue weighted by Crippen LogP contribution is 2.23. The molecule has 37 heavy (non-hydrogen) atoms. The van der Waals surface area contributed by atoms with Crippen molar-refractivity contribution in [3.8, 4) is 0 Å². The first-order chi connectivity index (χ1) is 17.9. The van der Waals surface area contributed by atoms with Crippen molar-refractivity contribution in [2.45, 2.75) is 20.0 Å². The monoisotopic (exact) mass is 492 g/mol. The summed E-state index contributed by atoms with van der Waals surface area (Å²) in [4.78, 5) is 48.1. The van der Waals surface area contributed by atoms with Crippen molar-refractivity contribution in [1.82, 2.24) is 0 Å². The maximum atomic E-state index is 12.6. The molecule has 0 aliphatic carbocycles. The third-order valence-electron chi connectivity index (χ3n) is 5.38. The summed E-state index contributed by atoms with van der Waals surface area (Å²) in [5, 5.41) is 0. The Morgan fingerprint density at radius 2 is 0.865 bits per heavy atom. The van der Waals surface area contributed by atoms with Crippen LogP contribution in [-0.4, -0.2) is 23.3 Å². The molecule has 1 atom stereocenters. The van der Waals surface area contributed by atoms with Gasteiger partial charge in [-0.05, 0) is 0 Å². The van der Waals surface area contributed by atoms with Crippen LogP contribution in [0.5, 0.6) is 0 Å². The summed E-state index contributed by atoms with van der Waals surface area (Å²) in [6, 6.07) is 35.1. The molecule has 0 fully saturated rings. The van der Waals surface area contributed by atoms with Crippen molar-refractivity contribution in [1.29, 1.82) is 0 Å². The number of Topliss-reactive ketones (excluding diaryl/α,β-unsaturated/α-hetero) is 3. The molecule has 0 saturated carbocycles. The Balaban J connectivity index is 0.000000213. The molecule has 0 saturated heterocycles. The molecule has 186 valence electrons. The van der Waals surface area contributed by atoms with Crippen LogP contribution in [0.2, 0.25) is 0 Å². The van der Waals surface area contributed by atoms with E-state index >= 15 is 0 Å². The first-order valence-corrected chi connectivity index (χ1v) is 11.9. The average Bonchev–Trinajstić information content (AvgIpc) is 2.96. The lowest BCUT2D eigenvalue weighted by Crippen LogP contribution is -2.22. The van der Waals surface area contributed by atoms with Crippen LogP contribution in [-0.2, 0) is 9.53 Å². The fourth-order valence-electron chi connectivity index (χ4n) is 3.35. The third kappa shape index (κ3) is 7.67. The summed E-state index contributed by atoms with van der Waals surface area (Å²) in [5.74, 6) is -1.80. The van der Waals surface area contributed by atoms with Gasteiger partial charge in [0.05, 0.1) is 5.92 Å². The predicted octanol–water partition coefficient (Wildman–Crippen LogP) is 6.56. The van der Waals surface area contributed by atoms with Gasteiger partial charge in [0.25, 0.3) is 0 Å². The molecule has 5 nitrogen and oxygen atoms in total. The van der Waals surface area contributed by atoms with E-state index in [4.69, 9.17) is 4.74 Å². The van der Waals surface area contributed by atoms with Crippen molar-refractivity contribution in [2.75, 3.05) is 0 Å². The smallest absolute Gasteiger partial charge is 0.309 e. The Kier molecular flexibility index (Phi) is 9.80. The largest absolute Gasteiger partial charge is 0.449 e. The molecule has 0 N–H and O–H groups in total. The predicted molar refractivity (Wildman–Crippen MR) is 142 cm³/mol. The second kappa shape index (κ2) is 13.4. The van der Waals surface area contributed by atoms with Gasteiger partial charge in [-0.25, -0.2) is 0 Å². The highest BCUT2D eigenvalue weighted by Gasteiger charge is 2.26. The molecule has 4 aromatic rings. The number of carbonyl (C=O) groups excluding carboxylic acids is 4. The van der Waals surface area contributed by atoms with Gasteiger partial charge < -0.3 is 4.74 Å². The molecule has 0 radical (unpaired) electrons. The fraction of sp³-hybridized carbons (Fsp3) is 0.125. The van der Waals surface area contributed by atoms with Crippen molar-refractivity contribution < 1.29 is 23.9 Å². The Hall–Kier alpha value is -4.64. The summed E-state index contributed by atoms with van der Waals surface area (Å²) in [5.41, 5.74) is 2.07. The molecule has 4 rings (SSSR count). The molecule has 0 amide bonds. The fourth-order valence-corrected chi connectivity index (χ4v) is 3.35. The van der Waals surface area contributed by atoms with Gasteiger partial charge in [0.2, 0.25) is 17.3 Å². The van der Waals surface area contributed by atoms with Crippen LogP contribution in [0.25, 0.3) is 0 Å². The zero-order chi connectivity index (χ0) is 26.6. The van der Waals surface area contributed by atoms with Gasteiger partial charge in [-0.3, -0.25) is 19.2 Å². The SMILES string of the molecule is CC(C)C(=O)OC(C(=O)c1ccccc1)c1ccccc1.O=C(C(=O)c1ccccc1)c1ccccc1. The Morgan fingerprint density at radius 1 is 0.514 bits per heavy atom. The van der Waals surface area contributed by atoms with Crippen molar-refractivity contribution >= 4 is 23.3 Å². The summed E-state index contributed by atoms with van der Waals surface area (Å²) < 4.78 is 5.43. The van der Waals surface area contributed by atoms with E-state index < -0.39 is 17.7 Å². The third-order valence-corrected chi connectivity index (χ3v) is 5.38. The minimum Gasteiger partial charge on any atom is -0.449 e. The van der Waals surface area contributed by atoms with Gasteiger partial charge >= 0.3 is 5.97 Å². The summed E-state index contributed by atoms with van der Waals surface area (Å²) in [6.07, 6.45) is -0.900. The van der Waals surface area contributed by atoms with Crippen LogP contribution in [0.4, 0.5) is 0 Å². The molecule has 0 spiro atoms. The highest BCUT2D eigenvalue weighted by molar-refractivity contribution is 6.49. The zero-order valence-corrected chi connectivity index (χ0v) is 20.7. The first-order valence-electron chi connectivity index (χ1n) is 11.9. The standard InChI is InChI=1S/C18H18O3.C14H10O2/c1-13(2)18(20)21-17(15-11-7-4-8-12-15)16(19)14-9-5-3-6-10-14;15-13(11-7-3-1-4-8-11)14(16)12-9-5-2-6-10-12/h3-13,17H,1-2H3;1-10H. The number of carbonyl (C=O) groups is 4. The number of esters is 1. The maximum absolute atomic E-state index is 12.6. The minimum absolute atomic E-state index is 0.212. The molecule has 5 heteroatoms. The molecule has 0 heterocycles. The summed E-state index contributed by atoms with van der Waals surface area (Å²) in [6.45, 7) is 3.49. The first kappa shape index (κ1) is 27.0. The zero-order valence-electron chi connectivity index (χ0n) is 20.7. The van der Waals surface area contributed by atoms with Crippen LogP contribution in [0.1, 0.15) is 56.6 Å². The summed E-state index contributed by atoms with van der Waals surface area (Å²) in [7, 11) is 0. The van der Waals surface area contributed by atoms with E-state index in [1.807, 2.05) is 36.4 Å². The number of hydrogen-bond acceptors (Lipinski definition) is 5. The lowest BCUT2D eigenvalue weighted by Gasteiger charge is -2.18. The number of ketones is 3. The Bertz CT molecular complexity index is 1270. The molecule has 0 aliphatic heterocycles. The van der Waals surface area contributed by atoms with Crippen molar-refractivity contribution in [3.63, 3.8) is 0 Å².